The van der Waals surface area contributed by atoms with Gasteiger partial charge in [0.25, 0.3) is 11.6 Å². The van der Waals surface area contributed by atoms with Crippen molar-refractivity contribution in [1.82, 2.24) is 14.9 Å². The molecule has 0 unspecified atom stereocenters. The standard InChI is InChI=1S/C23H23ClN4O3/c1-13(2)22-25-20(21(24)26-22)19-10-16(5-4-14(19)3)23(29)27-11-17(12-27)15-6-8-18(9-7-15)28(30)31/h4-10,13,17H,11-12H2,1-3H3,(H,25,26). The van der Waals surface area contributed by atoms with Crippen molar-refractivity contribution in [3.63, 3.8) is 0 Å². The van der Waals surface area contributed by atoms with Gasteiger partial charge in [0.2, 0.25) is 0 Å². The van der Waals surface area contributed by atoms with Crippen LogP contribution in [0, 0.1) is 17.0 Å². The molecule has 0 radical (unpaired) electrons. The van der Waals surface area contributed by atoms with Crippen LogP contribution in [0.25, 0.3) is 11.3 Å². The van der Waals surface area contributed by atoms with Gasteiger partial charge in [-0.2, -0.15) is 0 Å². The van der Waals surface area contributed by atoms with E-state index in [0.717, 1.165) is 28.2 Å². The average Bonchev–Trinajstić information content (AvgIpc) is 3.09. The van der Waals surface area contributed by atoms with Crippen LogP contribution in [0.1, 0.15) is 53.0 Å². The predicted octanol–water partition coefficient (Wildman–Crippen LogP) is 5.31. The van der Waals surface area contributed by atoms with Crippen LogP contribution in [-0.4, -0.2) is 38.8 Å². The van der Waals surface area contributed by atoms with E-state index < -0.39 is 4.92 Å². The van der Waals surface area contributed by atoms with Gasteiger partial charge in [-0.15, -0.1) is 0 Å². The fourth-order valence-electron chi connectivity index (χ4n) is 3.75. The summed E-state index contributed by atoms with van der Waals surface area (Å²) in [5, 5.41) is 11.2. The quantitative estimate of drug-likeness (QED) is 0.431. The van der Waals surface area contributed by atoms with Gasteiger partial charge in [-0.1, -0.05) is 43.6 Å². The molecule has 3 aromatic rings. The first-order valence-corrected chi connectivity index (χ1v) is 10.5. The van der Waals surface area contributed by atoms with Crippen LogP contribution in [-0.2, 0) is 0 Å². The molecular weight excluding hydrogens is 416 g/mol. The molecule has 31 heavy (non-hydrogen) atoms. The van der Waals surface area contributed by atoms with E-state index in [1.54, 1.807) is 17.0 Å². The van der Waals surface area contributed by atoms with Crippen molar-refractivity contribution in [2.45, 2.75) is 32.6 Å². The summed E-state index contributed by atoms with van der Waals surface area (Å²) in [6.45, 7) is 7.22. The Morgan fingerprint density at radius 2 is 1.90 bits per heavy atom. The number of nitrogens with one attached hydrogen (secondary N) is 1. The zero-order valence-corrected chi connectivity index (χ0v) is 18.3. The number of hydrogen-bond donors (Lipinski definition) is 1. The van der Waals surface area contributed by atoms with Gasteiger partial charge in [-0.05, 0) is 30.2 Å². The molecule has 2 heterocycles. The first kappa shape index (κ1) is 21.1. The highest BCUT2D eigenvalue weighted by molar-refractivity contribution is 6.32. The summed E-state index contributed by atoms with van der Waals surface area (Å²) < 4.78 is 0. The molecule has 1 saturated heterocycles. The predicted molar refractivity (Wildman–Crippen MR) is 120 cm³/mol. The molecule has 1 aromatic heterocycles. The second-order valence-corrected chi connectivity index (χ2v) is 8.59. The molecule has 1 aliphatic heterocycles. The number of benzene rings is 2. The zero-order valence-electron chi connectivity index (χ0n) is 17.6. The second-order valence-electron chi connectivity index (χ2n) is 8.23. The molecule has 160 valence electrons. The van der Waals surface area contributed by atoms with Gasteiger partial charge in [0, 0.05) is 48.2 Å². The number of halogens is 1. The summed E-state index contributed by atoms with van der Waals surface area (Å²) in [5.74, 6) is 1.17. The van der Waals surface area contributed by atoms with Gasteiger partial charge in [0.15, 0.2) is 5.15 Å². The Kier molecular flexibility index (Phi) is 5.54. The molecule has 0 aliphatic carbocycles. The van der Waals surface area contributed by atoms with E-state index in [-0.39, 0.29) is 23.4 Å². The highest BCUT2D eigenvalue weighted by Gasteiger charge is 2.32. The number of nitro groups is 1. The van der Waals surface area contributed by atoms with Gasteiger partial charge in [0.05, 0.1) is 10.6 Å². The van der Waals surface area contributed by atoms with E-state index in [9.17, 15) is 14.9 Å². The van der Waals surface area contributed by atoms with Crippen molar-refractivity contribution < 1.29 is 9.72 Å². The molecule has 0 spiro atoms. The first-order chi connectivity index (χ1) is 14.7. The lowest BCUT2D eigenvalue weighted by atomic mass is 9.90. The van der Waals surface area contributed by atoms with Gasteiger partial charge >= 0.3 is 0 Å². The minimum Gasteiger partial charge on any atom is -0.340 e. The molecule has 1 amide bonds. The van der Waals surface area contributed by atoms with Crippen LogP contribution in [0.4, 0.5) is 5.69 Å². The van der Waals surface area contributed by atoms with Crippen LogP contribution in [0.5, 0.6) is 0 Å². The highest BCUT2D eigenvalue weighted by atomic mass is 35.5. The third kappa shape index (κ3) is 4.05. The Labute approximate surface area is 185 Å². The molecule has 8 heteroatoms. The summed E-state index contributed by atoms with van der Waals surface area (Å²) in [5.41, 5.74) is 4.27. The second kappa shape index (κ2) is 8.15. The fourth-order valence-corrected chi connectivity index (χ4v) is 3.99. The summed E-state index contributed by atoms with van der Waals surface area (Å²) in [4.78, 5) is 32.9. The molecule has 1 aliphatic rings. The van der Waals surface area contributed by atoms with Crippen molar-refractivity contribution in [1.29, 1.82) is 0 Å². The third-order valence-electron chi connectivity index (χ3n) is 5.72. The lowest BCUT2D eigenvalue weighted by Gasteiger charge is -2.39. The molecule has 1 fully saturated rings. The van der Waals surface area contributed by atoms with Crippen molar-refractivity contribution in [3.8, 4) is 11.3 Å². The van der Waals surface area contributed by atoms with Crippen molar-refractivity contribution in [2.75, 3.05) is 13.1 Å². The Morgan fingerprint density at radius 3 is 2.48 bits per heavy atom. The van der Waals surface area contributed by atoms with Gasteiger partial charge in [-0.3, -0.25) is 14.9 Å². The lowest BCUT2D eigenvalue weighted by Crippen LogP contribution is -2.48. The number of carbonyl (C=O) groups excluding carboxylic acids is 1. The summed E-state index contributed by atoms with van der Waals surface area (Å²) >= 11 is 6.37. The van der Waals surface area contributed by atoms with Crippen LogP contribution >= 0.6 is 11.6 Å². The molecule has 7 nitrogen and oxygen atoms in total. The number of nitro benzene ring substituents is 1. The minimum absolute atomic E-state index is 0.0425. The van der Waals surface area contributed by atoms with Gasteiger partial charge in [-0.25, -0.2) is 4.98 Å². The number of H-pyrrole nitrogens is 1. The number of non-ortho nitro benzene ring substituents is 1. The molecular formula is C23H23ClN4O3. The van der Waals surface area contributed by atoms with E-state index in [1.807, 2.05) is 39.0 Å². The topological polar surface area (TPSA) is 92.1 Å². The molecule has 0 bridgehead atoms. The van der Waals surface area contributed by atoms with Crippen molar-refractivity contribution in [3.05, 3.63) is 80.2 Å². The number of imidazole rings is 1. The monoisotopic (exact) mass is 438 g/mol. The molecule has 0 atom stereocenters. The number of amides is 1. The van der Waals surface area contributed by atoms with E-state index >= 15 is 0 Å². The number of carbonyl (C=O) groups is 1. The number of likely N-dealkylation sites (tertiary alicyclic amines) is 1. The first-order valence-electron chi connectivity index (χ1n) is 10.1. The summed E-state index contributed by atoms with van der Waals surface area (Å²) in [6, 6.07) is 12.1. The minimum atomic E-state index is -0.411. The molecule has 0 saturated carbocycles. The summed E-state index contributed by atoms with van der Waals surface area (Å²) in [7, 11) is 0. The summed E-state index contributed by atoms with van der Waals surface area (Å²) in [6.07, 6.45) is 0. The van der Waals surface area contributed by atoms with E-state index in [4.69, 9.17) is 11.6 Å². The molecule has 4 rings (SSSR count). The smallest absolute Gasteiger partial charge is 0.269 e. The van der Waals surface area contributed by atoms with Crippen LogP contribution < -0.4 is 0 Å². The number of rotatable bonds is 5. The number of hydrogen-bond acceptors (Lipinski definition) is 4. The van der Waals surface area contributed by atoms with E-state index in [1.165, 1.54) is 12.1 Å². The maximum absolute atomic E-state index is 13.0. The van der Waals surface area contributed by atoms with Crippen LogP contribution in [0.15, 0.2) is 42.5 Å². The Bertz CT molecular complexity index is 1150. The van der Waals surface area contributed by atoms with Crippen molar-refractivity contribution in [2.24, 2.45) is 0 Å². The highest BCUT2D eigenvalue weighted by Crippen LogP contribution is 2.33. The number of aryl methyl sites for hydroxylation is 1. The Hall–Kier alpha value is -3.19. The average molecular weight is 439 g/mol. The maximum Gasteiger partial charge on any atom is 0.269 e. The fraction of sp³-hybridized carbons (Fsp3) is 0.304. The maximum atomic E-state index is 13.0. The number of aromatic nitrogens is 2. The largest absolute Gasteiger partial charge is 0.340 e. The lowest BCUT2D eigenvalue weighted by molar-refractivity contribution is -0.384. The van der Waals surface area contributed by atoms with Crippen LogP contribution in [0.2, 0.25) is 5.15 Å². The van der Waals surface area contributed by atoms with Gasteiger partial charge in [0.1, 0.15) is 5.82 Å². The zero-order chi connectivity index (χ0) is 22.3. The Morgan fingerprint density at radius 1 is 1.23 bits per heavy atom. The third-order valence-corrected chi connectivity index (χ3v) is 6.00. The molecule has 2 aromatic carbocycles. The van der Waals surface area contributed by atoms with E-state index in [2.05, 4.69) is 9.97 Å². The SMILES string of the molecule is Cc1ccc(C(=O)N2CC(c3ccc([N+](=O)[O-])cc3)C2)cc1-c1[nH]c(C(C)C)nc1Cl. The normalized spacial score (nSPS) is 14.0. The van der Waals surface area contributed by atoms with Gasteiger partial charge < -0.3 is 9.88 Å². The van der Waals surface area contributed by atoms with E-state index in [0.29, 0.717) is 23.8 Å². The van der Waals surface area contributed by atoms with Crippen LogP contribution in [0.3, 0.4) is 0 Å². The number of aromatic amines is 1. The number of nitrogens with zero attached hydrogens (tertiary/aromatic N) is 3. The van der Waals surface area contributed by atoms with Crippen molar-refractivity contribution >= 4 is 23.2 Å². The molecule has 1 N–H and O–H groups in total. The Balaban J connectivity index is 1.50.